The van der Waals surface area contributed by atoms with Crippen molar-refractivity contribution < 1.29 is 28.7 Å². The van der Waals surface area contributed by atoms with E-state index in [1.165, 1.54) is 32.4 Å². The van der Waals surface area contributed by atoms with Gasteiger partial charge in [-0.2, -0.15) is 0 Å². The normalized spacial score (nSPS) is 13.5. The summed E-state index contributed by atoms with van der Waals surface area (Å²) in [5, 5.41) is 3.81. The fourth-order valence-electron chi connectivity index (χ4n) is 2.50. The summed E-state index contributed by atoms with van der Waals surface area (Å²) >= 11 is 0. The predicted octanol–water partition coefficient (Wildman–Crippen LogP) is 2.71. The molecule has 0 spiro atoms. The Balaban J connectivity index is 2.58. The van der Waals surface area contributed by atoms with Gasteiger partial charge in [0.25, 0.3) is 0 Å². The SMILES string of the molecule is CCCC(=O)ON=C(C)c1cc(OC)c2c(c1OC)C(=O)C=CC2=O. The quantitative estimate of drug-likeness (QED) is 0.447. The number of fused-ring (bicyclic) bond motifs is 1. The smallest absolute Gasteiger partial charge is 0.335 e. The van der Waals surface area contributed by atoms with E-state index in [1.807, 2.05) is 6.92 Å². The lowest BCUT2D eigenvalue weighted by atomic mass is 9.89. The van der Waals surface area contributed by atoms with Crippen LogP contribution in [0, 0.1) is 0 Å². The van der Waals surface area contributed by atoms with E-state index in [-0.39, 0.29) is 40.6 Å². The van der Waals surface area contributed by atoms with Crippen LogP contribution in [0.1, 0.15) is 53.0 Å². The lowest BCUT2D eigenvalue weighted by molar-refractivity contribution is -0.143. The molecule has 0 radical (unpaired) electrons. The number of methoxy groups -OCH3 is 2. The molecule has 2 rings (SSSR count). The molecule has 132 valence electrons. The summed E-state index contributed by atoms with van der Waals surface area (Å²) in [6, 6.07) is 1.54. The Hall–Kier alpha value is -2.96. The highest BCUT2D eigenvalue weighted by Gasteiger charge is 2.30. The van der Waals surface area contributed by atoms with E-state index in [9.17, 15) is 14.4 Å². The molecule has 1 aliphatic carbocycles. The molecule has 0 atom stereocenters. The first-order valence-corrected chi connectivity index (χ1v) is 7.75. The average Bonchev–Trinajstić information content (AvgIpc) is 2.61. The Morgan fingerprint density at radius 2 is 1.72 bits per heavy atom. The monoisotopic (exact) mass is 345 g/mol. The lowest BCUT2D eigenvalue weighted by Crippen LogP contribution is -2.17. The van der Waals surface area contributed by atoms with Crippen molar-refractivity contribution in [1.29, 1.82) is 0 Å². The number of carbonyl (C=O) groups excluding carboxylic acids is 3. The highest BCUT2D eigenvalue weighted by atomic mass is 16.7. The van der Waals surface area contributed by atoms with Crippen molar-refractivity contribution in [2.45, 2.75) is 26.7 Å². The van der Waals surface area contributed by atoms with Crippen molar-refractivity contribution in [2.24, 2.45) is 5.16 Å². The molecule has 0 amide bonds. The Kier molecular flexibility index (Phi) is 5.69. The van der Waals surface area contributed by atoms with E-state index in [4.69, 9.17) is 14.3 Å². The van der Waals surface area contributed by atoms with Crippen molar-refractivity contribution in [3.05, 3.63) is 34.9 Å². The fraction of sp³-hybridized carbons (Fsp3) is 0.333. The number of allylic oxidation sites excluding steroid dienone is 2. The molecule has 1 aromatic carbocycles. The molecule has 1 aromatic rings. The van der Waals surface area contributed by atoms with Crippen LogP contribution in [0.5, 0.6) is 11.5 Å². The van der Waals surface area contributed by atoms with Crippen LogP contribution >= 0.6 is 0 Å². The van der Waals surface area contributed by atoms with E-state index in [0.29, 0.717) is 17.7 Å². The number of hydrogen-bond donors (Lipinski definition) is 0. The van der Waals surface area contributed by atoms with Crippen LogP contribution in [0.3, 0.4) is 0 Å². The van der Waals surface area contributed by atoms with Gasteiger partial charge in [-0.3, -0.25) is 9.59 Å². The molecule has 0 N–H and O–H groups in total. The van der Waals surface area contributed by atoms with Crippen LogP contribution in [-0.2, 0) is 9.63 Å². The van der Waals surface area contributed by atoms with Gasteiger partial charge in [0.1, 0.15) is 11.5 Å². The zero-order valence-corrected chi connectivity index (χ0v) is 14.5. The Bertz CT molecular complexity index is 791. The molecule has 0 aromatic heterocycles. The first-order valence-electron chi connectivity index (χ1n) is 7.75. The van der Waals surface area contributed by atoms with Crippen LogP contribution in [0.15, 0.2) is 23.4 Å². The van der Waals surface area contributed by atoms with Crippen LogP contribution < -0.4 is 9.47 Å². The van der Waals surface area contributed by atoms with Crippen molar-refractivity contribution in [2.75, 3.05) is 14.2 Å². The molecule has 0 unspecified atom stereocenters. The van der Waals surface area contributed by atoms with Crippen LogP contribution in [0.25, 0.3) is 0 Å². The third kappa shape index (κ3) is 3.60. The van der Waals surface area contributed by atoms with E-state index in [0.717, 1.165) is 0 Å². The van der Waals surface area contributed by atoms with Crippen molar-refractivity contribution in [1.82, 2.24) is 0 Å². The third-order valence-electron chi connectivity index (χ3n) is 3.67. The second kappa shape index (κ2) is 7.74. The van der Waals surface area contributed by atoms with Gasteiger partial charge >= 0.3 is 5.97 Å². The number of benzene rings is 1. The summed E-state index contributed by atoms with van der Waals surface area (Å²) in [5.41, 5.74) is 0.973. The number of rotatable bonds is 6. The molecule has 0 aliphatic heterocycles. The third-order valence-corrected chi connectivity index (χ3v) is 3.67. The second-order valence-corrected chi connectivity index (χ2v) is 5.36. The number of hydrogen-bond acceptors (Lipinski definition) is 7. The second-order valence-electron chi connectivity index (χ2n) is 5.36. The summed E-state index contributed by atoms with van der Waals surface area (Å²) in [7, 11) is 2.79. The van der Waals surface area contributed by atoms with Gasteiger partial charge in [-0.15, -0.1) is 0 Å². The molecular weight excluding hydrogens is 326 g/mol. The molecule has 7 nitrogen and oxygen atoms in total. The summed E-state index contributed by atoms with van der Waals surface area (Å²) in [4.78, 5) is 40.8. The summed E-state index contributed by atoms with van der Waals surface area (Å²) in [6.07, 6.45) is 3.27. The average molecular weight is 345 g/mol. The van der Waals surface area contributed by atoms with Crippen LogP contribution in [-0.4, -0.2) is 37.5 Å². The van der Waals surface area contributed by atoms with Gasteiger partial charge in [0.2, 0.25) is 0 Å². The van der Waals surface area contributed by atoms with E-state index in [2.05, 4.69) is 5.16 Å². The highest BCUT2D eigenvalue weighted by Crippen LogP contribution is 2.37. The molecule has 0 saturated heterocycles. The van der Waals surface area contributed by atoms with Crippen molar-refractivity contribution >= 4 is 23.2 Å². The van der Waals surface area contributed by atoms with Gasteiger partial charge in [0.05, 0.1) is 31.1 Å². The zero-order valence-electron chi connectivity index (χ0n) is 14.5. The van der Waals surface area contributed by atoms with Gasteiger partial charge in [0, 0.05) is 12.0 Å². The van der Waals surface area contributed by atoms with Crippen LogP contribution in [0.2, 0.25) is 0 Å². The Morgan fingerprint density at radius 1 is 1.08 bits per heavy atom. The topological polar surface area (TPSA) is 91.3 Å². The molecule has 7 heteroatoms. The predicted molar refractivity (Wildman–Crippen MR) is 90.6 cm³/mol. The van der Waals surface area contributed by atoms with E-state index < -0.39 is 5.97 Å². The molecule has 25 heavy (non-hydrogen) atoms. The minimum atomic E-state index is -0.458. The standard InChI is InChI=1S/C18H19NO6/c1-5-6-15(22)25-19-10(2)11-9-14(23-3)16-12(20)7-8-13(21)17(16)18(11)24-4/h7-9H,5-6H2,1-4H3. The number of carbonyl (C=O) groups is 3. The van der Waals surface area contributed by atoms with E-state index in [1.54, 1.807) is 6.92 Å². The largest absolute Gasteiger partial charge is 0.496 e. The number of oxime groups is 1. The first kappa shape index (κ1) is 18.4. The minimum Gasteiger partial charge on any atom is -0.496 e. The molecule has 0 heterocycles. The van der Waals surface area contributed by atoms with Gasteiger partial charge in [-0.1, -0.05) is 12.1 Å². The minimum absolute atomic E-state index is 0.110. The molecule has 0 bridgehead atoms. The number of nitrogens with zero attached hydrogens (tertiary/aromatic N) is 1. The van der Waals surface area contributed by atoms with Crippen molar-refractivity contribution in [3.8, 4) is 11.5 Å². The first-order chi connectivity index (χ1) is 11.9. The van der Waals surface area contributed by atoms with Gasteiger partial charge < -0.3 is 14.3 Å². The maximum absolute atomic E-state index is 12.3. The number of ketones is 2. The maximum Gasteiger partial charge on any atom is 0.335 e. The Labute approximate surface area is 145 Å². The summed E-state index contributed by atoms with van der Waals surface area (Å²) in [6.45, 7) is 3.46. The molecular formula is C18H19NO6. The maximum atomic E-state index is 12.3. The summed E-state index contributed by atoms with van der Waals surface area (Å²) in [5.74, 6) is -0.767. The van der Waals surface area contributed by atoms with Crippen molar-refractivity contribution in [3.63, 3.8) is 0 Å². The van der Waals surface area contributed by atoms with Gasteiger partial charge in [-0.25, -0.2) is 4.79 Å². The highest BCUT2D eigenvalue weighted by molar-refractivity contribution is 6.25. The zero-order chi connectivity index (χ0) is 18.6. The molecule has 0 saturated carbocycles. The summed E-state index contributed by atoms with van der Waals surface area (Å²) < 4.78 is 10.6. The van der Waals surface area contributed by atoms with Crippen LogP contribution in [0.4, 0.5) is 0 Å². The fourth-order valence-corrected chi connectivity index (χ4v) is 2.50. The lowest BCUT2D eigenvalue weighted by Gasteiger charge is -2.19. The van der Waals surface area contributed by atoms with Gasteiger partial charge in [-0.05, 0) is 31.6 Å². The Morgan fingerprint density at radius 3 is 2.28 bits per heavy atom. The molecule has 1 aliphatic rings. The molecule has 0 fully saturated rings. The van der Waals surface area contributed by atoms with Gasteiger partial charge in [0.15, 0.2) is 11.6 Å². The van der Waals surface area contributed by atoms with E-state index >= 15 is 0 Å². The number of ether oxygens (including phenoxy) is 2.